The molecule has 0 aromatic heterocycles. The minimum atomic E-state index is -0.0000463. The van der Waals surface area contributed by atoms with Gasteiger partial charge in [0, 0.05) is 24.8 Å². The Kier molecular flexibility index (Phi) is 5.45. The summed E-state index contributed by atoms with van der Waals surface area (Å²) in [5.74, 6) is 1.35. The quantitative estimate of drug-likeness (QED) is 0.940. The minimum Gasteiger partial charge on any atom is -0.496 e. The first-order valence-corrected chi connectivity index (χ1v) is 7.20. The molecule has 1 atom stereocenters. The molecule has 114 valence electrons. The van der Waals surface area contributed by atoms with Crippen LogP contribution in [0.4, 0.5) is 0 Å². The summed E-state index contributed by atoms with van der Waals surface area (Å²) in [4.78, 5) is 0. The molecular weight excluding hydrogens is 286 g/mol. The van der Waals surface area contributed by atoms with Gasteiger partial charge in [-0.05, 0) is 35.6 Å². The molecule has 0 bridgehead atoms. The molecule has 0 amide bonds. The van der Waals surface area contributed by atoms with Gasteiger partial charge in [0.2, 0.25) is 0 Å². The third-order valence-electron chi connectivity index (χ3n) is 4.26. The molecule has 2 aromatic carbocycles. The molecule has 2 N–H and O–H groups in total. The van der Waals surface area contributed by atoms with Crippen LogP contribution in [-0.4, -0.2) is 20.3 Å². The second kappa shape index (κ2) is 7.12. The van der Waals surface area contributed by atoms with Crippen molar-refractivity contribution in [2.75, 3.05) is 20.3 Å². The fourth-order valence-corrected chi connectivity index (χ4v) is 3.11. The molecule has 0 spiro atoms. The van der Waals surface area contributed by atoms with E-state index in [4.69, 9.17) is 15.2 Å². The van der Waals surface area contributed by atoms with E-state index >= 15 is 0 Å². The first-order chi connectivity index (χ1) is 9.81. The van der Waals surface area contributed by atoms with Crippen molar-refractivity contribution >= 4 is 23.2 Å². The van der Waals surface area contributed by atoms with Crippen LogP contribution in [0.25, 0.3) is 10.8 Å². The van der Waals surface area contributed by atoms with Gasteiger partial charge in [-0.3, -0.25) is 0 Å². The Balaban J connectivity index is 0.00000161. The largest absolute Gasteiger partial charge is 0.496 e. The van der Waals surface area contributed by atoms with E-state index in [0.717, 1.165) is 37.4 Å². The molecule has 0 aliphatic carbocycles. The van der Waals surface area contributed by atoms with Crippen molar-refractivity contribution in [3.8, 4) is 5.75 Å². The molecule has 0 unspecified atom stereocenters. The summed E-state index contributed by atoms with van der Waals surface area (Å²) >= 11 is 0. The van der Waals surface area contributed by atoms with Gasteiger partial charge < -0.3 is 15.2 Å². The zero-order valence-electron chi connectivity index (χ0n) is 12.2. The van der Waals surface area contributed by atoms with E-state index in [2.05, 4.69) is 30.3 Å². The smallest absolute Gasteiger partial charge is 0.124 e. The number of ether oxygens (including phenoxy) is 2. The number of fused-ring (bicyclic) bond motifs is 1. The van der Waals surface area contributed by atoms with Crippen LogP contribution in [0.5, 0.6) is 5.75 Å². The lowest BCUT2D eigenvalue weighted by Gasteiger charge is -2.29. The van der Waals surface area contributed by atoms with Crippen LogP contribution in [0.3, 0.4) is 0 Å². The van der Waals surface area contributed by atoms with Crippen molar-refractivity contribution in [2.24, 2.45) is 11.7 Å². The van der Waals surface area contributed by atoms with E-state index in [1.807, 2.05) is 6.07 Å². The predicted octanol–water partition coefficient (Wildman–Crippen LogP) is 3.70. The summed E-state index contributed by atoms with van der Waals surface area (Å²) in [7, 11) is 1.71. The van der Waals surface area contributed by atoms with Crippen LogP contribution < -0.4 is 10.5 Å². The highest BCUT2D eigenvalue weighted by Crippen LogP contribution is 2.38. The first kappa shape index (κ1) is 16.1. The molecule has 0 radical (unpaired) electrons. The summed E-state index contributed by atoms with van der Waals surface area (Å²) in [6, 6.07) is 12.5. The van der Waals surface area contributed by atoms with E-state index in [1.54, 1.807) is 7.11 Å². The van der Waals surface area contributed by atoms with E-state index in [1.165, 1.54) is 10.8 Å². The number of hydrogen-bond donors (Lipinski definition) is 1. The lowest BCUT2D eigenvalue weighted by atomic mass is 9.85. The van der Waals surface area contributed by atoms with Gasteiger partial charge in [-0.2, -0.15) is 0 Å². The Morgan fingerprint density at radius 1 is 1.14 bits per heavy atom. The standard InChI is InChI=1S/C17H21NO2.ClH/c1-19-15-7-6-12-4-2-3-5-14(12)16(15)17(18)13-8-10-20-11-9-13;/h2-7,13,17H,8-11,18H2,1H3;1H/t17-;/m1./s1. The van der Waals surface area contributed by atoms with Crippen molar-refractivity contribution in [2.45, 2.75) is 18.9 Å². The molecular formula is C17H22ClNO2. The Bertz CT molecular complexity index is 596. The van der Waals surface area contributed by atoms with Gasteiger partial charge >= 0.3 is 0 Å². The van der Waals surface area contributed by atoms with E-state index < -0.39 is 0 Å². The lowest BCUT2D eigenvalue weighted by Crippen LogP contribution is -2.28. The normalized spacial score (nSPS) is 17.2. The maximum atomic E-state index is 6.58. The number of benzene rings is 2. The van der Waals surface area contributed by atoms with Crippen LogP contribution >= 0.6 is 12.4 Å². The van der Waals surface area contributed by atoms with Gasteiger partial charge in [0.25, 0.3) is 0 Å². The third kappa shape index (κ3) is 3.15. The summed E-state index contributed by atoms with van der Waals surface area (Å²) in [6.45, 7) is 1.62. The van der Waals surface area contributed by atoms with E-state index in [9.17, 15) is 0 Å². The van der Waals surface area contributed by atoms with Crippen molar-refractivity contribution in [3.05, 3.63) is 42.0 Å². The average Bonchev–Trinajstić information content (AvgIpc) is 2.54. The SMILES string of the molecule is COc1ccc2ccccc2c1[C@H](N)C1CCOCC1.Cl. The molecule has 1 aliphatic rings. The molecule has 3 rings (SSSR count). The van der Waals surface area contributed by atoms with Crippen LogP contribution in [0.15, 0.2) is 36.4 Å². The van der Waals surface area contributed by atoms with Crippen molar-refractivity contribution in [3.63, 3.8) is 0 Å². The topological polar surface area (TPSA) is 44.5 Å². The summed E-state index contributed by atoms with van der Waals surface area (Å²) in [6.07, 6.45) is 2.04. The maximum Gasteiger partial charge on any atom is 0.124 e. The summed E-state index contributed by atoms with van der Waals surface area (Å²) in [5, 5.41) is 2.41. The molecule has 1 aliphatic heterocycles. The minimum absolute atomic E-state index is 0. The summed E-state index contributed by atoms with van der Waals surface area (Å²) < 4.78 is 11.0. The first-order valence-electron chi connectivity index (χ1n) is 7.20. The Morgan fingerprint density at radius 3 is 2.57 bits per heavy atom. The third-order valence-corrected chi connectivity index (χ3v) is 4.26. The van der Waals surface area contributed by atoms with Crippen LogP contribution in [0, 0.1) is 5.92 Å². The molecule has 2 aromatic rings. The Morgan fingerprint density at radius 2 is 1.86 bits per heavy atom. The fraction of sp³-hybridized carbons (Fsp3) is 0.412. The van der Waals surface area contributed by atoms with E-state index in [-0.39, 0.29) is 18.4 Å². The number of hydrogen-bond acceptors (Lipinski definition) is 3. The van der Waals surface area contributed by atoms with Crippen LogP contribution in [0.2, 0.25) is 0 Å². The highest BCUT2D eigenvalue weighted by atomic mass is 35.5. The van der Waals surface area contributed by atoms with Gasteiger partial charge in [0.1, 0.15) is 5.75 Å². The average molecular weight is 308 g/mol. The van der Waals surface area contributed by atoms with Gasteiger partial charge in [-0.1, -0.05) is 30.3 Å². The number of halogens is 1. The second-order valence-electron chi connectivity index (χ2n) is 5.38. The summed E-state index contributed by atoms with van der Waals surface area (Å²) in [5.41, 5.74) is 7.71. The zero-order chi connectivity index (χ0) is 13.9. The lowest BCUT2D eigenvalue weighted by molar-refractivity contribution is 0.0582. The van der Waals surface area contributed by atoms with Crippen molar-refractivity contribution in [1.82, 2.24) is 0 Å². The zero-order valence-corrected chi connectivity index (χ0v) is 13.1. The van der Waals surface area contributed by atoms with E-state index in [0.29, 0.717) is 5.92 Å². The molecule has 3 nitrogen and oxygen atoms in total. The highest BCUT2D eigenvalue weighted by molar-refractivity contribution is 5.88. The Labute approximate surface area is 131 Å². The van der Waals surface area contributed by atoms with Crippen molar-refractivity contribution < 1.29 is 9.47 Å². The van der Waals surface area contributed by atoms with Gasteiger partial charge in [0.15, 0.2) is 0 Å². The number of methoxy groups -OCH3 is 1. The Hall–Kier alpha value is -1.29. The molecule has 1 heterocycles. The predicted molar refractivity (Wildman–Crippen MR) is 88.2 cm³/mol. The molecule has 0 saturated carbocycles. The van der Waals surface area contributed by atoms with Gasteiger partial charge in [-0.15, -0.1) is 12.4 Å². The van der Waals surface area contributed by atoms with Crippen LogP contribution in [-0.2, 0) is 4.74 Å². The molecule has 21 heavy (non-hydrogen) atoms. The molecule has 4 heteroatoms. The number of nitrogens with two attached hydrogens (primary N) is 1. The fourth-order valence-electron chi connectivity index (χ4n) is 3.11. The molecule has 1 fully saturated rings. The monoisotopic (exact) mass is 307 g/mol. The second-order valence-corrected chi connectivity index (χ2v) is 5.38. The van der Waals surface area contributed by atoms with Crippen LogP contribution in [0.1, 0.15) is 24.4 Å². The molecule has 1 saturated heterocycles. The van der Waals surface area contributed by atoms with Gasteiger partial charge in [-0.25, -0.2) is 0 Å². The highest BCUT2D eigenvalue weighted by Gasteiger charge is 2.26. The number of rotatable bonds is 3. The van der Waals surface area contributed by atoms with Crippen molar-refractivity contribution in [1.29, 1.82) is 0 Å². The van der Waals surface area contributed by atoms with Gasteiger partial charge in [0.05, 0.1) is 7.11 Å². The maximum absolute atomic E-state index is 6.58.